The maximum atomic E-state index is 11.9. The zero-order valence-electron chi connectivity index (χ0n) is 9.82. The second-order valence-electron chi connectivity index (χ2n) is 3.85. The number of hydrogen-bond donors (Lipinski definition) is 2. The normalized spacial score (nSPS) is 12.2. The van der Waals surface area contributed by atoms with Gasteiger partial charge in [0.05, 0.1) is 5.56 Å². The first kappa shape index (κ1) is 14.4. The Morgan fingerprint density at radius 2 is 2.41 bits per heavy atom. The topological polar surface area (TPSA) is 62.2 Å². The molecular weight excluding hydrogens is 331 g/mol. The molecule has 0 aliphatic carbocycles. The number of carbonyl (C=O) groups is 1. The minimum Gasteiger partial charge on any atom is -0.396 e. The molecule has 0 spiro atoms. The maximum absolute atomic E-state index is 11.9. The summed E-state index contributed by atoms with van der Waals surface area (Å²) in [5.74, 6) is 0.261. The summed E-state index contributed by atoms with van der Waals surface area (Å²) in [7, 11) is 0. The van der Waals surface area contributed by atoms with Gasteiger partial charge in [0.1, 0.15) is 0 Å². The summed E-state index contributed by atoms with van der Waals surface area (Å²) in [6, 6.07) is 1.71. The molecule has 1 atom stereocenters. The minimum absolute atomic E-state index is 0.0758. The van der Waals surface area contributed by atoms with Gasteiger partial charge < -0.3 is 10.4 Å². The highest BCUT2D eigenvalue weighted by molar-refractivity contribution is 14.1. The Hall–Kier alpha value is -0.690. The molecule has 1 heterocycles. The summed E-state index contributed by atoms with van der Waals surface area (Å²) in [5.41, 5.74) is 0.652. The van der Waals surface area contributed by atoms with E-state index >= 15 is 0 Å². The van der Waals surface area contributed by atoms with Crippen molar-refractivity contribution in [2.45, 2.75) is 19.8 Å². The first-order valence-electron chi connectivity index (χ1n) is 5.67. The van der Waals surface area contributed by atoms with Gasteiger partial charge in [0.15, 0.2) is 0 Å². The van der Waals surface area contributed by atoms with E-state index in [4.69, 9.17) is 5.11 Å². The molecule has 1 aromatic heterocycles. The summed E-state index contributed by atoms with van der Waals surface area (Å²) in [4.78, 5) is 15.8. The molecule has 0 bridgehead atoms. The van der Waals surface area contributed by atoms with Crippen LogP contribution in [-0.2, 0) is 0 Å². The van der Waals surface area contributed by atoms with Crippen molar-refractivity contribution in [3.63, 3.8) is 0 Å². The van der Waals surface area contributed by atoms with Gasteiger partial charge in [-0.1, -0.05) is 13.3 Å². The van der Waals surface area contributed by atoms with Crippen molar-refractivity contribution in [3.8, 4) is 0 Å². The summed E-state index contributed by atoms with van der Waals surface area (Å²) < 4.78 is 0.845. The highest BCUT2D eigenvalue weighted by Gasteiger charge is 2.11. The standard InChI is InChI=1S/C12H17IN2O2/c1-2-9(4-6-16)7-15-12(17)10-3-5-14-8-11(10)13/h3,5,8-9,16H,2,4,6-7H2,1H3,(H,15,17). The Kier molecular flexibility index (Phi) is 6.43. The highest BCUT2D eigenvalue weighted by atomic mass is 127. The zero-order valence-corrected chi connectivity index (χ0v) is 12.0. The number of aliphatic hydroxyl groups excluding tert-OH is 1. The molecule has 1 aromatic rings. The Balaban J connectivity index is 2.52. The highest BCUT2D eigenvalue weighted by Crippen LogP contribution is 2.10. The fourth-order valence-electron chi connectivity index (χ4n) is 1.52. The number of nitrogens with zero attached hydrogens (tertiary/aromatic N) is 1. The first-order valence-corrected chi connectivity index (χ1v) is 6.75. The molecule has 0 radical (unpaired) electrons. The van der Waals surface area contributed by atoms with E-state index in [2.05, 4.69) is 39.8 Å². The van der Waals surface area contributed by atoms with E-state index in [9.17, 15) is 4.79 Å². The Bertz CT molecular complexity index is 371. The second-order valence-corrected chi connectivity index (χ2v) is 5.01. The van der Waals surface area contributed by atoms with Crippen LogP contribution in [0.15, 0.2) is 18.5 Å². The van der Waals surface area contributed by atoms with Crippen LogP contribution in [0.1, 0.15) is 30.1 Å². The predicted octanol–water partition coefficient (Wildman–Crippen LogP) is 1.82. The van der Waals surface area contributed by atoms with Crippen molar-refractivity contribution < 1.29 is 9.90 Å². The van der Waals surface area contributed by atoms with Crippen LogP contribution < -0.4 is 5.32 Å². The lowest BCUT2D eigenvalue weighted by molar-refractivity contribution is 0.0942. The number of aromatic nitrogens is 1. The number of hydrogen-bond acceptors (Lipinski definition) is 3. The first-order chi connectivity index (χ1) is 8.19. The maximum Gasteiger partial charge on any atom is 0.252 e. The van der Waals surface area contributed by atoms with Crippen molar-refractivity contribution in [2.75, 3.05) is 13.2 Å². The molecule has 0 aromatic carbocycles. The molecule has 1 rings (SSSR count). The van der Waals surface area contributed by atoms with Gasteiger partial charge in [-0.15, -0.1) is 0 Å². The van der Waals surface area contributed by atoms with Gasteiger partial charge in [-0.25, -0.2) is 0 Å². The van der Waals surface area contributed by atoms with Gasteiger partial charge in [-0.05, 0) is 41.0 Å². The third kappa shape index (κ3) is 4.59. The average molecular weight is 348 g/mol. The fourth-order valence-corrected chi connectivity index (χ4v) is 2.11. The molecule has 1 amide bonds. The molecule has 4 nitrogen and oxygen atoms in total. The number of halogens is 1. The van der Waals surface area contributed by atoms with E-state index in [1.807, 2.05) is 0 Å². The van der Waals surface area contributed by atoms with Gasteiger partial charge in [0.25, 0.3) is 5.91 Å². The van der Waals surface area contributed by atoms with Crippen molar-refractivity contribution in [2.24, 2.45) is 5.92 Å². The number of amides is 1. The van der Waals surface area contributed by atoms with Gasteiger partial charge in [0, 0.05) is 29.1 Å². The Labute approximate surface area is 115 Å². The number of pyridine rings is 1. The third-order valence-electron chi connectivity index (χ3n) is 2.68. The van der Waals surface area contributed by atoms with E-state index < -0.39 is 0 Å². The van der Waals surface area contributed by atoms with Crippen molar-refractivity contribution >= 4 is 28.5 Å². The van der Waals surface area contributed by atoms with Crippen molar-refractivity contribution in [1.82, 2.24) is 10.3 Å². The predicted molar refractivity (Wildman–Crippen MR) is 74.8 cm³/mol. The molecule has 17 heavy (non-hydrogen) atoms. The van der Waals surface area contributed by atoms with E-state index in [-0.39, 0.29) is 12.5 Å². The molecule has 0 saturated carbocycles. The Morgan fingerprint density at radius 1 is 1.65 bits per heavy atom. The van der Waals surface area contributed by atoms with E-state index in [0.717, 1.165) is 16.4 Å². The summed E-state index contributed by atoms with van der Waals surface area (Å²) >= 11 is 2.10. The van der Waals surface area contributed by atoms with Crippen LogP contribution in [0.5, 0.6) is 0 Å². The van der Waals surface area contributed by atoms with E-state index in [1.165, 1.54) is 0 Å². The molecule has 5 heteroatoms. The summed E-state index contributed by atoms with van der Waals surface area (Å²) in [5, 5.41) is 11.8. The molecule has 0 saturated heterocycles. The lowest BCUT2D eigenvalue weighted by Crippen LogP contribution is -2.30. The second kappa shape index (κ2) is 7.60. The van der Waals surface area contributed by atoms with E-state index in [0.29, 0.717) is 18.0 Å². The van der Waals surface area contributed by atoms with Gasteiger partial charge in [-0.3, -0.25) is 9.78 Å². The number of aliphatic hydroxyl groups is 1. The van der Waals surface area contributed by atoms with Crippen molar-refractivity contribution in [3.05, 3.63) is 27.6 Å². The van der Waals surface area contributed by atoms with Crippen LogP contribution in [0.25, 0.3) is 0 Å². The van der Waals surface area contributed by atoms with Gasteiger partial charge in [0.2, 0.25) is 0 Å². The molecule has 1 unspecified atom stereocenters. The van der Waals surface area contributed by atoms with Crippen LogP contribution in [0, 0.1) is 9.49 Å². The van der Waals surface area contributed by atoms with Gasteiger partial charge >= 0.3 is 0 Å². The molecule has 94 valence electrons. The quantitative estimate of drug-likeness (QED) is 0.771. The molecule has 0 aliphatic heterocycles. The Morgan fingerprint density at radius 3 is 3.00 bits per heavy atom. The molecular formula is C12H17IN2O2. The lowest BCUT2D eigenvalue weighted by atomic mass is 10.0. The smallest absolute Gasteiger partial charge is 0.252 e. The lowest BCUT2D eigenvalue weighted by Gasteiger charge is -2.14. The SMILES string of the molecule is CCC(CCO)CNC(=O)c1ccncc1I. The summed E-state index contributed by atoms with van der Waals surface area (Å²) in [6.45, 7) is 2.83. The number of nitrogens with one attached hydrogen (secondary N) is 1. The van der Waals surface area contributed by atoms with Crippen molar-refractivity contribution in [1.29, 1.82) is 0 Å². The van der Waals surface area contributed by atoms with Crippen LogP contribution >= 0.6 is 22.6 Å². The van der Waals surface area contributed by atoms with Crippen LogP contribution in [-0.4, -0.2) is 29.1 Å². The van der Waals surface area contributed by atoms with E-state index in [1.54, 1.807) is 18.5 Å². The fraction of sp³-hybridized carbons (Fsp3) is 0.500. The van der Waals surface area contributed by atoms with Gasteiger partial charge in [-0.2, -0.15) is 0 Å². The molecule has 0 fully saturated rings. The van der Waals surface area contributed by atoms with Crippen LogP contribution in [0.2, 0.25) is 0 Å². The summed E-state index contributed by atoms with van der Waals surface area (Å²) in [6.07, 6.45) is 4.96. The third-order valence-corrected chi connectivity index (χ3v) is 3.54. The molecule has 2 N–H and O–H groups in total. The number of rotatable bonds is 6. The number of carbonyl (C=O) groups excluding carboxylic acids is 1. The zero-order chi connectivity index (χ0) is 12.7. The molecule has 0 aliphatic rings. The van der Waals surface area contributed by atoms with Crippen LogP contribution in [0.3, 0.4) is 0 Å². The monoisotopic (exact) mass is 348 g/mol. The average Bonchev–Trinajstić information content (AvgIpc) is 2.34. The minimum atomic E-state index is -0.0758. The largest absolute Gasteiger partial charge is 0.396 e. The van der Waals surface area contributed by atoms with Crippen LogP contribution in [0.4, 0.5) is 0 Å².